The number of aryl methyl sites for hydroxylation is 1. The second-order valence-electron chi connectivity index (χ2n) is 6.73. The highest BCUT2D eigenvalue weighted by Gasteiger charge is 2.13. The SMILES string of the molecule is CN(CCOC(=O)Nc1nc2ccc(C(N)=O)cc2s1)C(=O)CCc1ccccc1Cl. The summed E-state index contributed by atoms with van der Waals surface area (Å²) in [5, 5.41) is 3.52. The largest absolute Gasteiger partial charge is 0.447 e. The Bertz CT molecular complexity index is 1120. The molecule has 2 aromatic carbocycles. The third-order valence-corrected chi connectivity index (χ3v) is 5.84. The van der Waals surface area contributed by atoms with Gasteiger partial charge in [-0.3, -0.25) is 14.9 Å². The molecule has 0 aliphatic rings. The summed E-state index contributed by atoms with van der Waals surface area (Å²) in [5.41, 5.74) is 7.19. The molecule has 3 amide bonds. The summed E-state index contributed by atoms with van der Waals surface area (Å²) in [6, 6.07) is 12.3. The molecule has 8 nitrogen and oxygen atoms in total. The van der Waals surface area contributed by atoms with Crippen molar-refractivity contribution in [1.29, 1.82) is 0 Å². The highest BCUT2D eigenvalue weighted by atomic mass is 35.5. The Morgan fingerprint density at radius 1 is 1.23 bits per heavy atom. The smallest absolute Gasteiger partial charge is 0.413 e. The molecule has 0 fully saturated rings. The van der Waals surface area contributed by atoms with Gasteiger partial charge < -0.3 is 15.4 Å². The quantitative estimate of drug-likeness (QED) is 0.532. The van der Waals surface area contributed by atoms with Crippen molar-refractivity contribution in [2.45, 2.75) is 12.8 Å². The van der Waals surface area contributed by atoms with Gasteiger partial charge in [-0.25, -0.2) is 9.78 Å². The highest BCUT2D eigenvalue weighted by molar-refractivity contribution is 7.22. The van der Waals surface area contributed by atoms with E-state index in [-0.39, 0.29) is 19.1 Å². The van der Waals surface area contributed by atoms with Crippen LogP contribution in [0.25, 0.3) is 10.2 Å². The topological polar surface area (TPSA) is 115 Å². The average molecular weight is 461 g/mol. The molecule has 0 saturated carbocycles. The summed E-state index contributed by atoms with van der Waals surface area (Å²) in [4.78, 5) is 41.3. The number of anilines is 1. The van der Waals surface area contributed by atoms with Gasteiger partial charge in [0.1, 0.15) is 6.61 Å². The number of fused-ring (bicyclic) bond motifs is 1. The van der Waals surface area contributed by atoms with Crippen LogP contribution in [0.3, 0.4) is 0 Å². The van der Waals surface area contributed by atoms with E-state index in [2.05, 4.69) is 10.3 Å². The number of hydrogen-bond acceptors (Lipinski definition) is 6. The molecule has 0 aliphatic heterocycles. The van der Waals surface area contributed by atoms with Gasteiger partial charge >= 0.3 is 6.09 Å². The van der Waals surface area contributed by atoms with E-state index < -0.39 is 12.0 Å². The summed E-state index contributed by atoms with van der Waals surface area (Å²) >= 11 is 7.31. The van der Waals surface area contributed by atoms with E-state index in [9.17, 15) is 14.4 Å². The summed E-state index contributed by atoms with van der Waals surface area (Å²) in [6.45, 7) is 0.299. The summed E-state index contributed by atoms with van der Waals surface area (Å²) in [6.07, 6.45) is 0.177. The Balaban J connectivity index is 1.43. The maximum Gasteiger partial charge on any atom is 0.413 e. The van der Waals surface area contributed by atoms with Crippen molar-refractivity contribution in [3.05, 3.63) is 58.6 Å². The molecule has 31 heavy (non-hydrogen) atoms. The van der Waals surface area contributed by atoms with E-state index in [1.54, 1.807) is 31.3 Å². The monoisotopic (exact) mass is 460 g/mol. The van der Waals surface area contributed by atoms with E-state index in [1.165, 1.54) is 16.2 Å². The zero-order valence-electron chi connectivity index (χ0n) is 16.8. The lowest BCUT2D eigenvalue weighted by atomic mass is 10.1. The number of likely N-dealkylation sites (N-methyl/N-ethyl adjacent to an activating group) is 1. The number of carbonyl (C=O) groups is 3. The molecule has 0 spiro atoms. The number of aromatic nitrogens is 1. The van der Waals surface area contributed by atoms with E-state index in [0.717, 1.165) is 10.3 Å². The minimum atomic E-state index is -0.675. The van der Waals surface area contributed by atoms with Gasteiger partial charge in [0.15, 0.2) is 5.13 Å². The van der Waals surface area contributed by atoms with Crippen LogP contribution in [-0.4, -0.2) is 48.0 Å². The highest BCUT2D eigenvalue weighted by Crippen LogP contribution is 2.26. The number of rotatable bonds is 8. The standard InChI is InChI=1S/C21H21ClN4O4S/c1-26(18(27)9-7-13-4-2-3-5-15(13)22)10-11-30-21(29)25-20-24-16-8-6-14(19(23)28)12-17(16)31-20/h2-6,8,12H,7,9-11H2,1H3,(H2,23,28)(H,24,25,29). The normalized spacial score (nSPS) is 10.6. The van der Waals surface area contributed by atoms with Gasteiger partial charge in [0.2, 0.25) is 11.8 Å². The number of carbonyl (C=O) groups excluding carboxylic acids is 3. The van der Waals surface area contributed by atoms with E-state index >= 15 is 0 Å². The van der Waals surface area contributed by atoms with Gasteiger partial charge in [0, 0.05) is 24.1 Å². The van der Waals surface area contributed by atoms with Crippen LogP contribution >= 0.6 is 22.9 Å². The predicted molar refractivity (Wildman–Crippen MR) is 121 cm³/mol. The first-order chi connectivity index (χ1) is 14.8. The molecule has 0 atom stereocenters. The average Bonchev–Trinajstić information content (AvgIpc) is 3.14. The number of benzene rings is 2. The molecule has 10 heteroatoms. The third-order valence-electron chi connectivity index (χ3n) is 4.53. The minimum absolute atomic E-state index is 0.0386. The van der Waals surface area contributed by atoms with E-state index in [4.69, 9.17) is 22.1 Å². The van der Waals surface area contributed by atoms with Gasteiger partial charge in [-0.2, -0.15) is 0 Å². The van der Waals surface area contributed by atoms with E-state index in [1.807, 2.05) is 18.2 Å². The molecule has 3 aromatic rings. The first-order valence-corrected chi connectivity index (χ1v) is 10.6. The zero-order chi connectivity index (χ0) is 22.4. The van der Waals surface area contributed by atoms with Gasteiger partial charge in [-0.1, -0.05) is 41.1 Å². The van der Waals surface area contributed by atoms with Gasteiger partial charge in [-0.05, 0) is 36.2 Å². The molecule has 0 radical (unpaired) electrons. The van der Waals surface area contributed by atoms with Crippen molar-refractivity contribution in [3.8, 4) is 0 Å². The van der Waals surface area contributed by atoms with Crippen molar-refractivity contribution < 1.29 is 19.1 Å². The first-order valence-electron chi connectivity index (χ1n) is 9.45. The Labute approximate surface area is 188 Å². The molecule has 0 aliphatic carbocycles. The first kappa shape index (κ1) is 22.5. The van der Waals surface area contributed by atoms with Crippen LogP contribution in [0.15, 0.2) is 42.5 Å². The van der Waals surface area contributed by atoms with Crippen molar-refractivity contribution in [3.63, 3.8) is 0 Å². The number of ether oxygens (including phenoxy) is 1. The van der Waals surface area contributed by atoms with Crippen LogP contribution in [-0.2, 0) is 16.0 Å². The molecule has 0 saturated heterocycles. The molecule has 3 N–H and O–H groups in total. The lowest BCUT2D eigenvalue weighted by Gasteiger charge is -2.17. The zero-order valence-corrected chi connectivity index (χ0v) is 18.3. The van der Waals surface area contributed by atoms with Crippen LogP contribution in [0, 0.1) is 0 Å². The summed E-state index contributed by atoms with van der Waals surface area (Å²) in [5.74, 6) is -0.602. The molecule has 3 rings (SSSR count). The maximum absolute atomic E-state index is 12.3. The lowest BCUT2D eigenvalue weighted by Crippen LogP contribution is -2.31. The van der Waals surface area contributed by atoms with Crippen molar-refractivity contribution >= 4 is 56.2 Å². The molecular formula is C21H21ClN4O4S. The lowest BCUT2D eigenvalue weighted by molar-refractivity contribution is -0.130. The number of nitrogens with zero attached hydrogens (tertiary/aromatic N) is 2. The van der Waals surface area contributed by atoms with Crippen LogP contribution in [0.1, 0.15) is 22.3 Å². The van der Waals surface area contributed by atoms with Gasteiger partial charge in [0.25, 0.3) is 0 Å². The number of hydrogen-bond donors (Lipinski definition) is 2. The van der Waals surface area contributed by atoms with Gasteiger partial charge in [-0.15, -0.1) is 0 Å². The van der Waals surface area contributed by atoms with Crippen LogP contribution < -0.4 is 11.1 Å². The van der Waals surface area contributed by atoms with Crippen molar-refractivity contribution in [2.75, 3.05) is 25.5 Å². The van der Waals surface area contributed by atoms with Crippen LogP contribution in [0.4, 0.5) is 9.93 Å². The Morgan fingerprint density at radius 3 is 2.74 bits per heavy atom. The molecule has 162 valence electrons. The fourth-order valence-corrected chi connectivity index (χ4v) is 3.91. The van der Waals surface area contributed by atoms with Crippen molar-refractivity contribution in [2.24, 2.45) is 5.73 Å². The number of thiazole rings is 1. The minimum Gasteiger partial charge on any atom is -0.447 e. The fourth-order valence-electron chi connectivity index (χ4n) is 2.79. The molecular weight excluding hydrogens is 440 g/mol. The second-order valence-corrected chi connectivity index (χ2v) is 8.17. The molecule has 1 heterocycles. The second kappa shape index (κ2) is 10.2. The Kier molecular flexibility index (Phi) is 7.43. The number of nitrogens with one attached hydrogen (secondary N) is 1. The third kappa shape index (κ3) is 6.16. The predicted octanol–water partition coefficient (Wildman–Crippen LogP) is 3.69. The number of amides is 3. The molecule has 0 bridgehead atoms. The Hall–Kier alpha value is -3.17. The number of halogens is 1. The van der Waals surface area contributed by atoms with Crippen LogP contribution in [0.5, 0.6) is 0 Å². The molecule has 0 unspecified atom stereocenters. The van der Waals surface area contributed by atoms with E-state index in [0.29, 0.717) is 34.1 Å². The summed E-state index contributed by atoms with van der Waals surface area (Å²) in [7, 11) is 1.65. The summed E-state index contributed by atoms with van der Waals surface area (Å²) < 4.78 is 5.85. The van der Waals surface area contributed by atoms with Crippen molar-refractivity contribution in [1.82, 2.24) is 9.88 Å². The molecule has 1 aromatic heterocycles. The fraction of sp³-hybridized carbons (Fsp3) is 0.238. The number of nitrogens with two attached hydrogens (primary N) is 1. The number of primary amides is 1. The van der Waals surface area contributed by atoms with Gasteiger partial charge in [0.05, 0.1) is 16.8 Å². The van der Waals surface area contributed by atoms with Crippen LogP contribution in [0.2, 0.25) is 5.02 Å². The maximum atomic E-state index is 12.3. The Morgan fingerprint density at radius 2 is 2.00 bits per heavy atom.